The van der Waals surface area contributed by atoms with Gasteiger partial charge in [-0.15, -0.1) is 0 Å². The predicted octanol–water partition coefficient (Wildman–Crippen LogP) is 0.650. The Morgan fingerprint density at radius 1 is 1.58 bits per heavy atom. The SMILES string of the molecule is CC(Nc1ncnc(NN)c1[N+](=O)[O-])C1CCCO1. The summed E-state index contributed by atoms with van der Waals surface area (Å²) in [5, 5.41) is 14.1. The molecular weight excluding hydrogens is 252 g/mol. The Balaban J connectivity index is 2.21. The number of anilines is 2. The fourth-order valence-electron chi connectivity index (χ4n) is 2.07. The normalized spacial score (nSPS) is 20.0. The van der Waals surface area contributed by atoms with E-state index in [1.165, 1.54) is 6.33 Å². The quantitative estimate of drug-likeness (QED) is 0.403. The van der Waals surface area contributed by atoms with Gasteiger partial charge in [-0.1, -0.05) is 0 Å². The molecule has 9 heteroatoms. The molecule has 2 heterocycles. The van der Waals surface area contributed by atoms with Crippen LogP contribution in [0.25, 0.3) is 0 Å². The largest absolute Gasteiger partial charge is 0.376 e. The number of hydrazine groups is 1. The molecule has 9 nitrogen and oxygen atoms in total. The van der Waals surface area contributed by atoms with Crippen LogP contribution in [-0.4, -0.2) is 33.6 Å². The highest BCUT2D eigenvalue weighted by molar-refractivity contribution is 5.69. The second-order valence-corrected chi connectivity index (χ2v) is 4.31. The van der Waals surface area contributed by atoms with Crippen molar-refractivity contribution in [2.75, 3.05) is 17.3 Å². The van der Waals surface area contributed by atoms with Gasteiger partial charge in [0, 0.05) is 6.61 Å². The summed E-state index contributed by atoms with van der Waals surface area (Å²) in [6.07, 6.45) is 3.17. The first kappa shape index (κ1) is 13.4. The Bertz CT molecular complexity index is 463. The highest BCUT2D eigenvalue weighted by Crippen LogP contribution is 2.29. The molecular formula is C10H16N6O3. The summed E-state index contributed by atoms with van der Waals surface area (Å²) in [6.45, 7) is 2.62. The summed E-state index contributed by atoms with van der Waals surface area (Å²) in [7, 11) is 0. The molecule has 1 aromatic heterocycles. The third-order valence-electron chi connectivity index (χ3n) is 3.03. The Labute approximate surface area is 109 Å². The topological polar surface area (TPSA) is 128 Å². The summed E-state index contributed by atoms with van der Waals surface area (Å²) < 4.78 is 5.53. The highest BCUT2D eigenvalue weighted by Gasteiger charge is 2.27. The smallest absolute Gasteiger partial charge is 0.354 e. The lowest BCUT2D eigenvalue weighted by molar-refractivity contribution is -0.383. The van der Waals surface area contributed by atoms with Gasteiger partial charge in [-0.25, -0.2) is 15.8 Å². The Kier molecular flexibility index (Phi) is 4.07. The molecule has 2 unspecified atom stereocenters. The van der Waals surface area contributed by atoms with Crippen LogP contribution in [0.3, 0.4) is 0 Å². The van der Waals surface area contributed by atoms with Gasteiger partial charge in [-0.05, 0) is 19.8 Å². The Hall–Kier alpha value is -2.00. The van der Waals surface area contributed by atoms with E-state index in [1.54, 1.807) is 0 Å². The zero-order chi connectivity index (χ0) is 13.8. The number of nitro groups is 1. The number of nitrogens with two attached hydrogens (primary N) is 1. The Morgan fingerprint density at radius 3 is 2.89 bits per heavy atom. The molecule has 0 amide bonds. The average molecular weight is 268 g/mol. The van der Waals surface area contributed by atoms with E-state index in [-0.39, 0.29) is 29.5 Å². The van der Waals surface area contributed by atoms with E-state index < -0.39 is 4.92 Å². The summed E-state index contributed by atoms with van der Waals surface area (Å²) in [5.41, 5.74) is 1.93. The number of nitrogens with zero attached hydrogens (tertiary/aromatic N) is 3. The fraction of sp³-hybridized carbons (Fsp3) is 0.600. The zero-order valence-electron chi connectivity index (χ0n) is 10.5. The third kappa shape index (κ3) is 2.88. The van der Waals surface area contributed by atoms with Crippen LogP contribution in [0.1, 0.15) is 19.8 Å². The summed E-state index contributed by atoms with van der Waals surface area (Å²) >= 11 is 0. The van der Waals surface area contributed by atoms with Crippen LogP contribution in [0, 0.1) is 10.1 Å². The first-order chi connectivity index (χ1) is 9.13. The summed E-state index contributed by atoms with van der Waals surface area (Å²) in [4.78, 5) is 18.1. The summed E-state index contributed by atoms with van der Waals surface area (Å²) in [5.74, 6) is 5.32. The molecule has 0 aromatic carbocycles. The van der Waals surface area contributed by atoms with E-state index in [4.69, 9.17) is 10.6 Å². The molecule has 0 bridgehead atoms. The number of nitrogens with one attached hydrogen (secondary N) is 2. The number of hydrogen-bond acceptors (Lipinski definition) is 8. The van der Waals surface area contributed by atoms with Crippen LogP contribution in [0.5, 0.6) is 0 Å². The van der Waals surface area contributed by atoms with Crippen LogP contribution >= 0.6 is 0 Å². The first-order valence-electron chi connectivity index (χ1n) is 5.97. The molecule has 0 radical (unpaired) electrons. The second kappa shape index (κ2) is 5.76. The van der Waals surface area contributed by atoms with Gasteiger partial charge in [0.05, 0.1) is 17.1 Å². The first-order valence-corrected chi connectivity index (χ1v) is 5.97. The van der Waals surface area contributed by atoms with Crippen molar-refractivity contribution in [3.63, 3.8) is 0 Å². The Morgan fingerprint density at radius 2 is 2.32 bits per heavy atom. The van der Waals surface area contributed by atoms with Crippen molar-refractivity contribution in [2.24, 2.45) is 5.84 Å². The minimum atomic E-state index is -0.570. The molecule has 1 fully saturated rings. The van der Waals surface area contributed by atoms with Crippen LogP contribution in [0.15, 0.2) is 6.33 Å². The van der Waals surface area contributed by atoms with Crippen LogP contribution in [0.4, 0.5) is 17.3 Å². The molecule has 1 saturated heterocycles. The van der Waals surface area contributed by atoms with Crippen molar-refractivity contribution in [3.8, 4) is 0 Å². The van der Waals surface area contributed by atoms with Crippen molar-refractivity contribution < 1.29 is 9.66 Å². The molecule has 4 N–H and O–H groups in total. The van der Waals surface area contributed by atoms with Crippen LogP contribution < -0.4 is 16.6 Å². The third-order valence-corrected chi connectivity index (χ3v) is 3.03. The lowest BCUT2D eigenvalue weighted by atomic mass is 10.1. The number of nitrogen functional groups attached to an aromatic ring is 1. The van der Waals surface area contributed by atoms with E-state index in [1.807, 2.05) is 6.92 Å². The van der Waals surface area contributed by atoms with Gasteiger partial charge in [0.2, 0.25) is 11.6 Å². The molecule has 2 atom stereocenters. The van der Waals surface area contributed by atoms with E-state index in [2.05, 4.69) is 20.7 Å². The van der Waals surface area contributed by atoms with Gasteiger partial charge in [-0.3, -0.25) is 10.1 Å². The summed E-state index contributed by atoms with van der Waals surface area (Å²) in [6, 6.07) is -0.0817. The van der Waals surface area contributed by atoms with Crippen molar-refractivity contribution in [3.05, 3.63) is 16.4 Å². The van der Waals surface area contributed by atoms with E-state index in [9.17, 15) is 10.1 Å². The van der Waals surface area contributed by atoms with E-state index in [0.717, 1.165) is 19.4 Å². The predicted molar refractivity (Wildman–Crippen MR) is 68.6 cm³/mol. The number of rotatable bonds is 5. The molecule has 0 aliphatic carbocycles. The lowest BCUT2D eigenvalue weighted by Crippen LogP contribution is -2.31. The van der Waals surface area contributed by atoms with Crippen molar-refractivity contribution in [2.45, 2.75) is 31.9 Å². The molecule has 0 spiro atoms. The minimum Gasteiger partial charge on any atom is -0.376 e. The maximum absolute atomic E-state index is 11.1. The fourth-order valence-corrected chi connectivity index (χ4v) is 2.07. The van der Waals surface area contributed by atoms with Crippen molar-refractivity contribution >= 4 is 17.3 Å². The number of aromatic nitrogens is 2. The van der Waals surface area contributed by atoms with Gasteiger partial charge in [0.1, 0.15) is 6.33 Å². The monoisotopic (exact) mass is 268 g/mol. The van der Waals surface area contributed by atoms with Crippen LogP contribution in [0.2, 0.25) is 0 Å². The standard InChI is InChI=1S/C10H16N6O3/c1-6(7-3-2-4-19-7)14-9-8(16(17)18)10(15-11)13-5-12-9/h5-7H,2-4,11H2,1H3,(H2,12,13,14,15). The second-order valence-electron chi connectivity index (χ2n) is 4.31. The van der Waals surface area contributed by atoms with Gasteiger partial charge < -0.3 is 15.5 Å². The molecule has 1 aliphatic heterocycles. The van der Waals surface area contributed by atoms with E-state index >= 15 is 0 Å². The minimum absolute atomic E-state index is 0.0259. The number of ether oxygens (including phenoxy) is 1. The molecule has 104 valence electrons. The van der Waals surface area contributed by atoms with Crippen molar-refractivity contribution in [1.82, 2.24) is 9.97 Å². The average Bonchev–Trinajstić information content (AvgIpc) is 2.92. The maximum atomic E-state index is 11.1. The zero-order valence-corrected chi connectivity index (χ0v) is 10.5. The lowest BCUT2D eigenvalue weighted by Gasteiger charge is -2.20. The maximum Gasteiger partial charge on any atom is 0.354 e. The molecule has 1 aliphatic rings. The number of hydrogen-bond donors (Lipinski definition) is 3. The molecule has 19 heavy (non-hydrogen) atoms. The van der Waals surface area contributed by atoms with Gasteiger partial charge in [0.25, 0.3) is 0 Å². The van der Waals surface area contributed by atoms with Gasteiger partial charge >= 0.3 is 5.69 Å². The van der Waals surface area contributed by atoms with Gasteiger partial charge in [-0.2, -0.15) is 0 Å². The van der Waals surface area contributed by atoms with Crippen molar-refractivity contribution in [1.29, 1.82) is 0 Å². The van der Waals surface area contributed by atoms with E-state index in [0.29, 0.717) is 0 Å². The van der Waals surface area contributed by atoms with Crippen LogP contribution in [-0.2, 0) is 4.74 Å². The molecule has 1 aromatic rings. The van der Waals surface area contributed by atoms with Gasteiger partial charge in [0.15, 0.2) is 0 Å². The molecule has 0 saturated carbocycles. The molecule has 2 rings (SSSR count). The highest BCUT2D eigenvalue weighted by atomic mass is 16.6.